The van der Waals surface area contributed by atoms with Gasteiger partial charge in [0.05, 0.1) is 12.5 Å². The van der Waals surface area contributed by atoms with Crippen LogP contribution in [0.3, 0.4) is 0 Å². The average molecular weight is 356 g/mol. The Morgan fingerprint density at radius 3 is 1.96 bits per heavy atom. The van der Waals surface area contributed by atoms with E-state index >= 15 is 0 Å². The molecular formula is C24H39N2+. The zero-order chi connectivity index (χ0) is 18.6. The summed E-state index contributed by atoms with van der Waals surface area (Å²) in [7, 11) is 0. The fourth-order valence-electron chi connectivity index (χ4n) is 3.81. The van der Waals surface area contributed by atoms with E-state index in [1.54, 1.807) is 0 Å². The van der Waals surface area contributed by atoms with Crippen molar-refractivity contribution in [2.45, 2.75) is 97.4 Å². The normalized spacial score (nSPS) is 11.4. The number of nitrogens with zero attached hydrogens (tertiary/aromatic N) is 2. The number of aromatic nitrogens is 2. The second-order valence-corrected chi connectivity index (χ2v) is 7.89. The van der Waals surface area contributed by atoms with Crippen LogP contribution in [0.2, 0.25) is 0 Å². The highest BCUT2D eigenvalue weighted by molar-refractivity contribution is 5.32. The topological polar surface area (TPSA) is 8.81 Å². The molecule has 0 radical (unpaired) electrons. The molecule has 0 aliphatic carbocycles. The van der Waals surface area contributed by atoms with Crippen LogP contribution in [0.1, 0.15) is 96.7 Å². The molecule has 0 N–H and O–H groups in total. The molecule has 0 saturated carbocycles. The zero-order valence-corrected chi connectivity index (χ0v) is 17.3. The molecule has 2 heteroatoms. The van der Waals surface area contributed by atoms with E-state index < -0.39 is 0 Å². The number of benzene rings is 1. The molecular weight excluding hydrogens is 316 g/mol. The van der Waals surface area contributed by atoms with Gasteiger partial charge < -0.3 is 0 Å². The molecule has 0 unspecified atom stereocenters. The van der Waals surface area contributed by atoms with Gasteiger partial charge in [-0.05, 0) is 25.0 Å². The Hall–Kier alpha value is -1.57. The highest BCUT2D eigenvalue weighted by Crippen LogP contribution is 2.17. The molecule has 1 aromatic heterocycles. The Balaban J connectivity index is 1.74. The molecule has 2 nitrogen and oxygen atoms in total. The predicted molar refractivity (Wildman–Crippen MR) is 112 cm³/mol. The molecule has 0 amide bonds. The van der Waals surface area contributed by atoms with Gasteiger partial charge >= 0.3 is 0 Å². The van der Waals surface area contributed by atoms with Crippen molar-refractivity contribution >= 4 is 0 Å². The van der Waals surface area contributed by atoms with Crippen LogP contribution in [0.15, 0.2) is 42.7 Å². The fourth-order valence-corrected chi connectivity index (χ4v) is 3.81. The van der Waals surface area contributed by atoms with Crippen molar-refractivity contribution in [1.29, 1.82) is 0 Å². The van der Waals surface area contributed by atoms with Gasteiger partial charge in [-0.2, -0.15) is 4.57 Å². The third kappa shape index (κ3) is 6.63. The lowest BCUT2D eigenvalue weighted by atomic mass is 10.1. The van der Waals surface area contributed by atoms with Crippen molar-refractivity contribution in [1.82, 2.24) is 4.57 Å². The SMILES string of the molecule is CCCCCCCCCCCC[n+]1ccn(-c2ccccc2)c1C(C)C. The standard InChI is InChI=1S/C24H39N2/c1-4-5-6-7-8-9-10-11-12-16-19-25-20-21-26(24(25)22(2)3)23-17-14-13-15-18-23/h13-15,17-18,20-22H,4-12,16,19H2,1-3H3/q+1. The number of rotatable bonds is 13. The zero-order valence-electron chi connectivity index (χ0n) is 17.3. The number of unbranched alkanes of at least 4 members (excludes halogenated alkanes) is 9. The van der Waals surface area contributed by atoms with Gasteiger partial charge in [-0.15, -0.1) is 0 Å². The monoisotopic (exact) mass is 355 g/mol. The molecule has 0 aliphatic heterocycles. The van der Waals surface area contributed by atoms with Crippen molar-refractivity contribution in [3.63, 3.8) is 0 Å². The Bertz CT molecular complexity index is 598. The van der Waals surface area contributed by atoms with Gasteiger partial charge in [-0.3, -0.25) is 0 Å². The van der Waals surface area contributed by atoms with Crippen LogP contribution < -0.4 is 4.57 Å². The van der Waals surface area contributed by atoms with E-state index in [9.17, 15) is 0 Å². The van der Waals surface area contributed by atoms with E-state index in [1.807, 2.05) is 0 Å². The lowest BCUT2D eigenvalue weighted by Gasteiger charge is -2.08. The number of imidazole rings is 1. The summed E-state index contributed by atoms with van der Waals surface area (Å²) in [5.41, 5.74) is 1.26. The maximum atomic E-state index is 2.46. The largest absolute Gasteiger partial charge is 0.264 e. The first kappa shape index (κ1) is 20.7. The maximum Gasteiger partial charge on any atom is 0.264 e. The third-order valence-electron chi connectivity index (χ3n) is 5.24. The van der Waals surface area contributed by atoms with Crippen LogP contribution >= 0.6 is 0 Å². The first-order chi connectivity index (χ1) is 12.7. The summed E-state index contributed by atoms with van der Waals surface area (Å²) in [5.74, 6) is 1.93. The van der Waals surface area contributed by atoms with Crippen LogP contribution in [0, 0.1) is 0 Å². The van der Waals surface area contributed by atoms with Crippen LogP contribution in [-0.4, -0.2) is 4.57 Å². The molecule has 2 rings (SSSR count). The molecule has 0 bridgehead atoms. The average Bonchev–Trinajstić information content (AvgIpc) is 3.08. The summed E-state index contributed by atoms with van der Waals surface area (Å²) >= 11 is 0. The molecule has 0 atom stereocenters. The second kappa shape index (κ2) is 11.9. The van der Waals surface area contributed by atoms with Crippen LogP contribution in [0.25, 0.3) is 5.69 Å². The molecule has 1 heterocycles. The summed E-state index contributed by atoms with van der Waals surface area (Å²) < 4.78 is 4.81. The van der Waals surface area contributed by atoms with E-state index in [2.05, 4.69) is 72.6 Å². The Labute approximate surface area is 161 Å². The van der Waals surface area contributed by atoms with Gasteiger partial charge in [0.1, 0.15) is 18.1 Å². The van der Waals surface area contributed by atoms with E-state index in [0.29, 0.717) is 5.92 Å². The molecule has 0 aliphatic rings. The van der Waals surface area contributed by atoms with Crippen molar-refractivity contribution in [3.05, 3.63) is 48.5 Å². The Kier molecular flexibility index (Phi) is 9.52. The molecule has 1 aromatic carbocycles. The van der Waals surface area contributed by atoms with Crippen LogP contribution in [0.4, 0.5) is 0 Å². The van der Waals surface area contributed by atoms with Crippen molar-refractivity contribution in [3.8, 4) is 5.69 Å². The fraction of sp³-hybridized carbons (Fsp3) is 0.625. The van der Waals surface area contributed by atoms with Crippen LogP contribution in [-0.2, 0) is 6.54 Å². The van der Waals surface area contributed by atoms with E-state index in [1.165, 1.54) is 75.7 Å². The number of hydrogen-bond donors (Lipinski definition) is 0. The van der Waals surface area contributed by atoms with Crippen molar-refractivity contribution < 1.29 is 4.57 Å². The maximum absolute atomic E-state index is 2.46. The van der Waals surface area contributed by atoms with E-state index in [0.717, 1.165) is 6.54 Å². The summed E-state index contributed by atoms with van der Waals surface area (Å²) in [4.78, 5) is 0. The predicted octanol–water partition coefficient (Wildman–Crippen LogP) is 6.81. The highest BCUT2D eigenvalue weighted by atomic mass is 15.2. The third-order valence-corrected chi connectivity index (χ3v) is 5.24. The van der Waals surface area contributed by atoms with Gasteiger partial charge in [0.15, 0.2) is 0 Å². The quantitative estimate of drug-likeness (QED) is 0.276. The van der Waals surface area contributed by atoms with E-state index in [-0.39, 0.29) is 0 Å². The number of hydrogen-bond acceptors (Lipinski definition) is 0. The first-order valence-corrected chi connectivity index (χ1v) is 10.9. The Morgan fingerprint density at radius 2 is 1.38 bits per heavy atom. The first-order valence-electron chi connectivity index (χ1n) is 10.9. The van der Waals surface area contributed by atoms with Gasteiger partial charge in [-0.25, -0.2) is 4.57 Å². The molecule has 144 valence electrons. The van der Waals surface area contributed by atoms with Crippen molar-refractivity contribution in [2.75, 3.05) is 0 Å². The minimum Gasteiger partial charge on any atom is -0.234 e. The second-order valence-electron chi connectivity index (χ2n) is 7.89. The van der Waals surface area contributed by atoms with Gasteiger partial charge in [-0.1, -0.05) is 90.3 Å². The number of para-hydroxylation sites is 1. The molecule has 26 heavy (non-hydrogen) atoms. The van der Waals surface area contributed by atoms with Crippen LogP contribution in [0.5, 0.6) is 0 Å². The summed E-state index contributed by atoms with van der Waals surface area (Å²) in [6.07, 6.45) is 18.4. The van der Waals surface area contributed by atoms with Gasteiger partial charge in [0.2, 0.25) is 0 Å². The molecule has 2 aromatic rings. The molecule has 0 fully saturated rings. The molecule has 0 spiro atoms. The summed E-state index contributed by atoms with van der Waals surface area (Å²) in [6.45, 7) is 8.02. The lowest BCUT2D eigenvalue weighted by Crippen LogP contribution is -2.37. The summed E-state index contributed by atoms with van der Waals surface area (Å²) in [5, 5.41) is 0. The Morgan fingerprint density at radius 1 is 0.808 bits per heavy atom. The van der Waals surface area contributed by atoms with E-state index in [4.69, 9.17) is 0 Å². The van der Waals surface area contributed by atoms with Gasteiger partial charge in [0, 0.05) is 0 Å². The summed E-state index contributed by atoms with van der Waals surface area (Å²) in [6, 6.07) is 10.7. The van der Waals surface area contributed by atoms with Gasteiger partial charge in [0.25, 0.3) is 5.82 Å². The number of aryl methyl sites for hydroxylation is 1. The molecule has 0 saturated heterocycles. The minimum atomic E-state index is 0.522. The van der Waals surface area contributed by atoms with Crippen molar-refractivity contribution in [2.24, 2.45) is 0 Å². The highest BCUT2D eigenvalue weighted by Gasteiger charge is 2.21. The lowest BCUT2D eigenvalue weighted by molar-refractivity contribution is -0.705. The minimum absolute atomic E-state index is 0.522. The smallest absolute Gasteiger partial charge is 0.234 e.